The molecule has 2 fully saturated rings. The fraction of sp³-hybridized carbons (Fsp3) is 0.545. The molecule has 0 unspecified atom stereocenters. The van der Waals surface area contributed by atoms with Gasteiger partial charge in [0.05, 0.1) is 5.39 Å². The van der Waals surface area contributed by atoms with E-state index in [0.717, 1.165) is 42.6 Å². The van der Waals surface area contributed by atoms with E-state index in [4.69, 9.17) is 9.15 Å². The first-order chi connectivity index (χ1) is 13.4. The van der Waals surface area contributed by atoms with Crippen molar-refractivity contribution < 1.29 is 13.9 Å². The van der Waals surface area contributed by atoms with Crippen molar-refractivity contribution in [3.8, 4) is 5.75 Å². The quantitative estimate of drug-likeness (QED) is 0.772. The number of nitrogens with zero attached hydrogens (tertiary/aromatic N) is 1. The van der Waals surface area contributed by atoms with Crippen LogP contribution in [0.4, 0.5) is 0 Å². The maximum absolute atomic E-state index is 12.8. The van der Waals surface area contributed by atoms with Crippen molar-refractivity contribution in [1.82, 2.24) is 10.2 Å². The van der Waals surface area contributed by atoms with Crippen LogP contribution in [0.25, 0.3) is 11.0 Å². The van der Waals surface area contributed by atoms with E-state index in [0.29, 0.717) is 28.9 Å². The maximum atomic E-state index is 12.8. The summed E-state index contributed by atoms with van der Waals surface area (Å²) in [6.07, 6.45) is 3.37. The molecule has 158 valence electrons. The van der Waals surface area contributed by atoms with Crippen molar-refractivity contribution in [2.24, 2.45) is 5.92 Å². The predicted octanol–water partition coefficient (Wildman–Crippen LogP) is 3.12. The number of likely N-dealkylation sites (tertiary alicyclic amines) is 1. The molecule has 2 aromatic rings. The molecule has 2 aliphatic rings. The van der Waals surface area contributed by atoms with Gasteiger partial charge in [0.25, 0.3) is 5.91 Å². The summed E-state index contributed by atoms with van der Waals surface area (Å²) >= 11 is 0. The number of fused-ring (bicyclic) bond motifs is 2. The number of piperidine rings is 2. The Morgan fingerprint density at radius 2 is 2.03 bits per heavy atom. The van der Waals surface area contributed by atoms with E-state index < -0.39 is 0 Å². The van der Waals surface area contributed by atoms with E-state index in [-0.39, 0.29) is 30.5 Å². The van der Waals surface area contributed by atoms with Gasteiger partial charge < -0.3 is 19.4 Å². The van der Waals surface area contributed by atoms with Gasteiger partial charge in [0.15, 0.2) is 6.61 Å². The first-order valence-electron chi connectivity index (χ1n) is 10.1. The largest absolute Gasteiger partial charge is 0.483 e. The predicted molar refractivity (Wildman–Crippen MR) is 115 cm³/mol. The van der Waals surface area contributed by atoms with Crippen LogP contribution in [0.15, 0.2) is 21.3 Å². The summed E-state index contributed by atoms with van der Waals surface area (Å²) in [7, 11) is 0. The summed E-state index contributed by atoms with van der Waals surface area (Å²) in [5, 5.41) is 4.34. The zero-order valence-electron chi connectivity index (χ0n) is 17.2. The van der Waals surface area contributed by atoms with Crippen LogP contribution in [0, 0.1) is 26.7 Å². The molecule has 2 saturated heterocycles. The molecule has 1 amide bonds. The highest BCUT2D eigenvalue weighted by atomic mass is 35.5. The average molecular weight is 421 g/mol. The van der Waals surface area contributed by atoms with E-state index in [1.54, 1.807) is 6.92 Å². The number of amides is 1. The van der Waals surface area contributed by atoms with Gasteiger partial charge in [-0.2, -0.15) is 0 Å². The standard InChI is InChI=1S/C22H28N2O4.ClH/c1-13-9-18(21-14(2)15(3)22(26)28-19(21)10-13)27-12-20(25)24-8-6-17-16(11-24)5-4-7-23-17;/h9-10,16-17,23H,4-8,11-12H2,1-3H3;1H/t16-,17+;/m1./s1. The average Bonchev–Trinajstić information content (AvgIpc) is 2.69. The van der Waals surface area contributed by atoms with Crippen LogP contribution in [0.2, 0.25) is 0 Å². The molecule has 0 radical (unpaired) electrons. The van der Waals surface area contributed by atoms with Crippen LogP contribution in [0.3, 0.4) is 0 Å². The van der Waals surface area contributed by atoms with Crippen LogP contribution in [0.1, 0.15) is 36.0 Å². The Kier molecular flexibility index (Phi) is 6.54. The molecule has 0 aliphatic carbocycles. The molecule has 2 atom stereocenters. The smallest absolute Gasteiger partial charge is 0.339 e. The third-order valence-corrected chi connectivity index (χ3v) is 6.25. The third-order valence-electron chi connectivity index (χ3n) is 6.25. The van der Waals surface area contributed by atoms with Gasteiger partial charge in [0, 0.05) is 24.7 Å². The molecule has 0 saturated carbocycles. The van der Waals surface area contributed by atoms with E-state index >= 15 is 0 Å². The Morgan fingerprint density at radius 1 is 1.24 bits per heavy atom. The molecule has 0 spiro atoms. The second-order valence-corrected chi connectivity index (χ2v) is 8.16. The van der Waals surface area contributed by atoms with Crippen molar-refractivity contribution in [3.05, 3.63) is 39.2 Å². The molecule has 2 aliphatic heterocycles. The van der Waals surface area contributed by atoms with E-state index in [2.05, 4.69) is 5.32 Å². The normalized spacial score (nSPS) is 21.4. The summed E-state index contributed by atoms with van der Waals surface area (Å²) in [4.78, 5) is 26.7. The highest BCUT2D eigenvalue weighted by Crippen LogP contribution is 2.31. The lowest BCUT2D eigenvalue weighted by Gasteiger charge is -2.41. The molecule has 1 N–H and O–H groups in total. The summed E-state index contributed by atoms with van der Waals surface area (Å²) < 4.78 is 11.4. The first kappa shape index (κ1) is 21.7. The molecule has 4 rings (SSSR count). The summed E-state index contributed by atoms with van der Waals surface area (Å²) in [5.74, 6) is 1.16. The number of hydrogen-bond donors (Lipinski definition) is 1. The SMILES string of the molecule is Cc1cc(OCC(=O)N2CC[C@@H]3NCCC[C@@H]3C2)c2c(C)c(C)c(=O)oc2c1.Cl. The number of carbonyl (C=O) groups excluding carboxylic acids is 1. The van der Waals surface area contributed by atoms with Gasteiger partial charge in [-0.1, -0.05) is 0 Å². The van der Waals surface area contributed by atoms with Gasteiger partial charge in [0.2, 0.25) is 0 Å². The summed E-state index contributed by atoms with van der Waals surface area (Å²) in [6.45, 7) is 8.23. The highest BCUT2D eigenvalue weighted by molar-refractivity contribution is 5.88. The number of ether oxygens (including phenoxy) is 1. The number of aryl methyl sites for hydroxylation is 2. The molecule has 1 aromatic carbocycles. The monoisotopic (exact) mass is 420 g/mol. The maximum Gasteiger partial charge on any atom is 0.339 e. The minimum atomic E-state index is -0.332. The number of benzene rings is 1. The molecule has 3 heterocycles. The molecule has 0 bridgehead atoms. The zero-order valence-corrected chi connectivity index (χ0v) is 18.1. The lowest BCUT2D eigenvalue weighted by Crippen LogP contribution is -2.54. The first-order valence-corrected chi connectivity index (χ1v) is 10.1. The van der Waals surface area contributed by atoms with E-state index in [1.165, 1.54) is 12.8 Å². The van der Waals surface area contributed by atoms with Crippen LogP contribution >= 0.6 is 12.4 Å². The minimum absolute atomic E-state index is 0. The van der Waals surface area contributed by atoms with Gasteiger partial charge >= 0.3 is 5.63 Å². The van der Waals surface area contributed by atoms with Crippen LogP contribution in [-0.4, -0.2) is 43.1 Å². The fourth-order valence-electron chi connectivity index (χ4n) is 4.50. The van der Waals surface area contributed by atoms with Crippen LogP contribution in [-0.2, 0) is 4.79 Å². The molecule has 1 aromatic heterocycles. The number of nitrogens with one attached hydrogen (secondary N) is 1. The van der Waals surface area contributed by atoms with Gasteiger partial charge in [-0.25, -0.2) is 4.79 Å². The van der Waals surface area contributed by atoms with Crippen LogP contribution in [0.5, 0.6) is 5.75 Å². The Morgan fingerprint density at radius 3 is 2.83 bits per heavy atom. The number of halogens is 1. The molecular weight excluding hydrogens is 392 g/mol. The van der Waals surface area contributed by atoms with Crippen molar-refractivity contribution in [3.63, 3.8) is 0 Å². The van der Waals surface area contributed by atoms with Crippen molar-refractivity contribution in [2.45, 2.75) is 46.1 Å². The highest BCUT2D eigenvalue weighted by Gasteiger charge is 2.32. The lowest BCUT2D eigenvalue weighted by atomic mass is 9.85. The van der Waals surface area contributed by atoms with Crippen molar-refractivity contribution in [1.29, 1.82) is 0 Å². The second-order valence-electron chi connectivity index (χ2n) is 8.16. The molecule has 7 heteroatoms. The number of hydrogen-bond acceptors (Lipinski definition) is 5. The summed E-state index contributed by atoms with van der Waals surface area (Å²) in [5.41, 5.74) is 2.50. The van der Waals surface area contributed by atoms with Crippen molar-refractivity contribution in [2.75, 3.05) is 26.2 Å². The number of rotatable bonds is 3. The topological polar surface area (TPSA) is 71.8 Å². The van der Waals surface area contributed by atoms with Crippen LogP contribution < -0.4 is 15.7 Å². The number of carbonyl (C=O) groups is 1. The molecule has 29 heavy (non-hydrogen) atoms. The van der Waals surface area contributed by atoms with Gasteiger partial charge in [-0.3, -0.25) is 4.79 Å². The summed E-state index contributed by atoms with van der Waals surface area (Å²) in [6, 6.07) is 4.28. The fourth-order valence-corrected chi connectivity index (χ4v) is 4.50. The third kappa shape index (κ3) is 4.28. The zero-order chi connectivity index (χ0) is 19.8. The molecule has 6 nitrogen and oxygen atoms in total. The Labute approximate surface area is 177 Å². The van der Waals surface area contributed by atoms with E-state index in [1.807, 2.05) is 30.9 Å². The van der Waals surface area contributed by atoms with E-state index in [9.17, 15) is 9.59 Å². The lowest BCUT2D eigenvalue weighted by molar-refractivity contribution is -0.135. The Balaban J connectivity index is 0.00000240. The van der Waals surface area contributed by atoms with Gasteiger partial charge in [-0.05, 0) is 75.8 Å². The Bertz CT molecular complexity index is 971. The minimum Gasteiger partial charge on any atom is -0.483 e. The van der Waals surface area contributed by atoms with Crippen molar-refractivity contribution >= 4 is 29.3 Å². The van der Waals surface area contributed by atoms with Gasteiger partial charge in [-0.15, -0.1) is 12.4 Å². The molecular formula is C22H29ClN2O4. The second kappa shape index (κ2) is 8.76. The Hall–Kier alpha value is -2.05. The van der Waals surface area contributed by atoms with Gasteiger partial charge in [0.1, 0.15) is 11.3 Å².